The van der Waals surface area contributed by atoms with E-state index in [1.807, 2.05) is 0 Å². The molecular weight excluding hydrogens is 326 g/mol. The highest BCUT2D eigenvalue weighted by Crippen LogP contribution is 2.24. The van der Waals surface area contributed by atoms with E-state index in [4.69, 9.17) is 4.74 Å². The van der Waals surface area contributed by atoms with Gasteiger partial charge in [0, 0.05) is 50.9 Å². The van der Waals surface area contributed by atoms with Crippen molar-refractivity contribution in [3.8, 4) is 5.75 Å². The molecular formula is C21H35N3O2. The Morgan fingerprint density at radius 1 is 1.04 bits per heavy atom. The molecule has 2 aliphatic rings. The van der Waals surface area contributed by atoms with Crippen LogP contribution in [0.3, 0.4) is 0 Å². The number of aliphatic hydroxyl groups is 1. The highest BCUT2D eigenvalue weighted by molar-refractivity contribution is 5.33. The Bertz CT molecular complexity index is 532. The van der Waals surface area contributed by atoms with Crippen molar-refractivity contribution in [1.82, 2.24) is 14.7 Å². The second-order valence-corrected chi connectivity index (χ2v) is 7.76. The van der Waals surface area contributed by atoms with E-state index in [9.17, 15) is 5.11 Å². The summed E-state index contributed by atoms with van der Waals surface area (Å²) in [6.07, 6.45) is 4.83. The SMILES string of the molecule is CN1CCN(CCOc2ccccc2CN2CCCCC[C@H]2CO)CC1. The molecule has 3 rings (SSSR count). The summed E-state index contributed by atoms with van der Waals surface area (Å²) in [6, 6.07) is 8.70. The zero-order valence-electron chi connectivity index (χ0n) is 16.3. The van der Waals surface area contributed by atoms with Crippen LogP contribution in [0.15, 0.2) is 24.3 Å². The Hall–Kier alpha value is -1.14. The number of likely N-dealkylation sites (N-methyl/N-ethyl adjacent to an activating group) is 1. The molecule has 2 fully saturated rings. The van der Waals surface area contributed by atoms with Crippen LogP contribution in [0.2, 0.25) is 0 Å². The molecule has 2 saturated heterocycles. The van der Waals surface area contributed by atoms with Gasteiger partial charge in [-0.2, -0.15) is 0 Å². The van der Waals surface area contributed by atoms with Crippen LogP contribution in [0.5, 0.6) is 5.75 Å². The van der Waals surface area contributed by atoms with Gasteiger partial charge in [-0.1, -0.05) is 31.0 Å². The predicted molar refractivity (Wildman–Crippen MR) is 106 cm³/mol. The van der Waals surface area contributed by atoms with Gasteiger partial charge < -0.3 is 14.7 Å². The summed E-state index contributed by atoms with van der Waals surface area (Å²) in [7, 11) is 2.19. The molecule has 1 atom stereocenters. The second kappa shape index (κ2) is 10.3. The minimum absolute atomic E-state index is 0.256. The number of hydrogen-bond acceptors (Lipinski definition) is 5. The molecule has 5 heteroatoms. The number of hydrogen-bond donors (Lipinski definition) is 1. The summed E-state index contributed by atoms with van der Waals surface area (Å²) < 4.78 is 6.16. The van der Waals surface area contributed by atoms with Crippen LogP contribution in [0.25, 0.3) is 0 Å². The number of nitrogens with zero attached hydrogens (tertiary/aromatic N) is 3. The number of para-hydroxylation sites is 1. The molecule has 1 N–H and O–H groups in total. The summed E-state index contributed by atoms with van der Waals surface area (Å²) in [5.41, 5.74) is 1.24. The molecule has 146 valence electrons. The first-order valence-electron chi connectivity index (χ1n) is 10.2. The topological polar surface area (TPSA) is 39.2 Å². The molecule has 2 heterocycles. The third kappa shape index (κ3) is 5.68. The minimum Gasteiger partial charge on any atom is -0.492 e. The van der Waals surface area contributed by atoms with E-state index < -0.39 is 0 Å². The smallest absolute Gasteiger partial charge is 0.123 e. The highest BCUT2D eigenvalue weighted by Gasteiger charge is 2.21. The molecule has 0 saturated carbocycles. The summed E-state index contributed by atoms with van der Waals surface area (Å²) in [6.45, 7) is 8.49. The van der Waals surface area contributed by atoms with Crippen LogP contribution in [0, 0.1) is 0 Å². The van der Waals surface area contributed by atoms with Gasteiger partial charge in [-0.15, -0.1) is 0 Å². The fourth-order valence-electron chi connectivity index (χ4n) is 4.00. The number of rotatable bonds is 7. The number of ether oxygens (including phenoxy) is 1. The van der Waals surface area contributed by atoms with E-state index in [1.54, 1.807) is 0 Å². The molecule has 1 aromatic carbocycles. The van der Waals surface area contributed by atoms with Crippen molar-refractivity contribution in [3.05, 3.63) is 29.8 Å². The Morgan fingerprint density at radius 2 is 1.85 bits per heavy atom. The van der Waals surface area contributed by atoms with Gasteiger partial charge in [-0.05, 0) is 32.5 Å². The van der Waals surface area contributed by atoms with Gasteiger partial charge in [0.2, 0.25) is 0 Å². The Balaban J connectivity index is 1.53. The zero-order chi connectivity index (χ0) is 18.2. The van der Waals surface area contributed by atoms with Gasteiger partial charge in [0.1, 0.15) is 12.4 Å². The van der Waals surface area contributed by atoms with Gasteiger partial charge in [0.05, 0.1) is 6.61 Å². The maximum absolute atomic E-state index is 9.76. The first-order valence-corrected chi connectivity index (χ1v) is 10.2. The van der Waals surface area contributed by atoms with Crippen LogP contribution < -0.4 is 4.74 Å². The maximum atomic E-state index is 9.76. The maximum Gasteiger partial charge on any atom is 0.123 e. The fraction of sp³-hybridized carbons (Fsp3) is 0.714. The van der Waals surface area contributed by atoms with Crippen molar-refractivity contribution in [1.29, 1.82) is 0 Å². The normalized spacial score (nSPS) is 23.7. The lowest BCUT2D eigenvalue weighted by Gasteiger charge is -2.32. The zero-order valence-corrected chi connectivity index (χ0v) is 16.3. The monoisotopic (exact) mass is 361 g/mol. The van der Waals surface area contributed by atoms with E-state index in [0.717, 1.165) is 64.6 Å². The lowest BCUT2D eigenvalue weighted by atomic mass is 10.1. The molecule has 2 aliphatic heterocycles. The second-order valence-electron chi connectivity index (χ2n) is 7.76. The molecule has 0 spiro atoms. The van der Waals surface area contributed by atoms with Crippen molar-refractivity contribution >= 4 is 0 Å². The lowest BCUT2D eigenvalue weighted by Crippen LogP contribution is -2.45. The van der Waals surface area contributed by atoms with E-state index in [1.165, 1.54) is 24.8 Å². The number of aliphatic hydroxyl groups excluding tert-OH is 1. The van der Waals surface area contributed by atoms with E-state index in [0.29, 0.717) is 0 Å². The third-order valence-electron chi connectivity index (χ3n) is 5.82. The van der Waals surface area contributed by atoms with E-state index in [2.05, 4.69) is 46.0 Å². The molecule has 0 unspecified atom stereocenters. The van der Waals surface area contributed by atoms with Crippen molar-refractivity contribution in [2.45, 2.75) is 38.3 Å². The van der Waals surface area contributed by atoms with Crippen LogP contribution in [-0.4, -0.2) is 85.4 Å². The largest absolute Gasteiger partial charge is 0.492 e. The molecule has 0 bridgehead atoms. The average molecular weight is 362 g/mol. The minimum atomic E-state index is 0.256. The first-order chi connectivity index (χ1) is 12.8. The van der Waals surface area contributed by atoms with Crippen LogP contribution in [0.4, 0.5) is 0 Å². The average Bonchev–Trinajstić information content (AvgIpc) is 2.89. The van der Waals surface area contributed by atoms with Crippen LogP contribution in [0.1, 0.15) is 31.2 Å². The Kier molecular flexibility index (Phi) is 7.74. The van der Waals surface area contributed by atoms with Crippen molar-refractivity contribution in [3.63, 3.8) is 0 Å². The molecule has 26 heavy (non-hydrogen) atoms. The standard InChI is InChI=1S/C21H35N3O2/c1-22-11-13-23(14-12-22)15-16-26-21-9-5-4-7-19(21)17-24-10-6-2-3-8-20(24)18-25/h4-5,7,9,20,25H,2-3,6,8,10-18H2,1H3/t20-/m0/s1. The summed E-state index contributed by atoms with van der Waals surface area (Å²) in [5.74, 6) is 1.00. The summed E-state index contributed by atoms with van der Waals surface area (Å²) in [4.78, 5) is 7.31. The fourth-order valence-corrected chi connectivity index (χ4v) is 4.00. The van der Waals surface area contributed by atoms with E-state index >= 15 is 0 Å². The predicted octanol–water partition coefficient (Wildman–Crippen LogP) is 2.05. The van der Waals surface area contributed by atoms with Crippen molar-refractivity contribution < 1.29 is 9.84 Å². The van der Waals surface area contributed by atoms with Gasteiger partial charge in [-0.3, -0.25) is 9.80 Å². The van der Waals surface area contributed by atoms with Gasteiger partial charge >= 0.3 is 0 Å². The number of likely N-dealkylation sites (tertiary alicyclic amines) is 1. The molecule has 5 nitrogen and oxygen atoms in total. The van der Waals surface area contributed by atoms with Crippen molar-refractivity contribution in [2.75, 3.05) is 59.5 Å². The Labute approximate surface area is 158 Å². The first kappa shape index (κ1) is 19.6. The molecule has 0 aromatic heterocycles. The molecule has 0 radical (unpaired) electrons. The lowest BCUT2D eigenvalue weighted by molar-refractivity contribution is 0.115. The Morgan fingerprint density at radius 3 is 2.65 bits per heavy atom. The number of benzene rings is 1. The molecule has 1 aromatic rings. The van der Waals surface area contributed by atoms with Gasteiger partial charge in [0.25, 0.3) is 0 Å². The highest BCUT2D eigenvalue weighted by atomic mass is 16.5. The van der Waals surface area contributed by atoms with Crippen molar-refractivity contribution in [2.24, 2.45) is 0 Å². The molecule has 0 amide bonds. The van der Waals surface area contributed by atoms with Crippen LogP contribution >= 0.6 is 0 Å². The van der Waals surface area contributed by atoms with Crippen LogP contribution in [-0.2, 0) is 6.54 Å². The quantitative estimate of drug-likeness (QED) is 0.805. The summed E-state index contributed by atoms with van der Waals surface area (Å²) >= 11 is 0. The van der Waals surface area contributed by atoms with E-state index in [-0.39, 0.29) is 12.6 Å². The third-order valence-corrected chi connectivity index (χ3v) is 5.82. The van der Waals surface area contributed by atoms with Gasteiger partial charge in [-0.25, -0.2) is 0 Å². The number of piperazine rings is 1. The molecule has 0 aliphatic carbocycles. The summed E-state index contributed by atoms with van der Waals surface area (Å²) in [5, 5.41) is 9.76. The van der Waals surface area contributed by atoms with Gasteiger partial charge in [0.15, 0.2) is 0 Å².